The van der Waals surface area contributed by atoms with Crippen molar-refractivity contribution in [3.05, 3.63) is 59.9 Å². The second-order valence-electron chi connectivity index (χ2n) is 8.31. The van der Waals surface area contributed by atoms with Crippen molar-refractivity contribution in [1.29, 1.82) is 0 Å². The zero-order chi connectivity index (χ0) is 21.4. The van der Waals surface area contributed by atoms with Crippen molar-refractivity contribution in [3.8, 4) is 11.1 Å². The molecule has 1 amide bonds. The largest absolute Gasteiger partial charge is 0.444 e. The molecule has 0 saturated carbocycles. The predicted molar refractivity (Wildman–Crippen MR) is 105 cm³/mol. The lowest BCUT2D eigenvalue weighted by Crippen LogP contribution is -2.48. The second kappa shape index (κ2) is 7.71. The van der Waals surface area contributed by atoms with Crippen LogP contribution >= 0.6 is 0 Å². The Morgan fingerprint density at radius 1 is 1.17 bits per heavy atom. The molecule has 2 aromatic rings. The average Bonchev–Trinajstić information content (AvgIpc) is 2.86. The van der Waals surface area contributed by atoms with E-state index in [0.29, 0.717) is 11.1 Å². The number of alkyl halides is 2. The normalized spacial score (nSPS) is 21.3. The summed E-state index contributed by atoms with van der Waals surface area (Å²) >= 11 is 0. The minimum Gasteiger partial charge on any atom is -0.444 e. The van der Waals surface area contributed by atoms with Crippen molar-refractivity contribution in [1.82, 2.24) is 4.90 Å². The molecule has 1 saturated heterocycles. The molecule has 2 aromatic carbocycles. The third kappa shape index (κ3) is 4.56. The summed E-state index contributed by atoms with van der Waals surface area (Å²) in [7, 11) is 0. The molecule has 7 heteroatoms. The zero-order valence-corrected chi connectivity index (χ0v) is 16.7. The molecule has 0 radical (unpaired) electrons. The quantitative estimate of drug-likeness (QED) is 0.809. The number of benzene rings is 2. The Kier molecular flexibility index (Phi) is 5.63. The van der Waals surface area contributed by atoms with Gasteiger partial charge in [0.05, 0.1) is 18.6 Å². The van der Waals surface area contributed by atoms with Gasteiger partial charge in [0, 0.05) is 5.56 Å². The van der Waals surface area contributed by atoms with Crippen molar-refractivity contribution < 1.29 is 22.7 Å². The summed E-state index contributed by atoms with van der Waals surface area (Å²) in [5.41, 5.74) is 6.19. The summed E-state index contributed by atoms with van der Waals surface area (Å²) in [5, 5.41) is 0. The van der Waals surface area contributed by atoms with Gasteiger partial charge in [-0.2, -0.15) is 0 Å². The van der Waals surface area contributed by atoms with Gasteiger partial charge in [-0.05, 0) is 38.3 Å². The fourth-order valence-electron chi connectivity index (χ4n) is 3.49. The Balaban J connectivity index is 1.91. The molecule has 2 atom stereocenters. The van der Waals surface area contributed by atoms with E-state index in [2.05, 4.69) is 0 Å². The molecule has 2 N–H and O–H groups in total. The van der Waals surface area contributed by atoms with Crippen LogP contribution in [0.15, 0.2) is 48.5 Å². The molecule has 1 heterocycles. The van der Waals surface area contributed by atoms with Gasteiger partial charge in [0.25, 0.3) is 5.92 Å². The minimum absolute atomic E-state index is 0.136. The molecule has 4 nitrogen and oxygen atoms in total. The van der Waals surface area contributed by atoms with E-state index in [9.17, 15) is 13.6 Å². The number of ether oxygens (including phenoxy) is 1. The molecule has 156 valence electrons. The van der Waals surface area contributed by atoms with Gasteiger partial charge in [-0.15, -0.1) is 0 Å². The topological polar surface area (TPSA) is 55.6 Å². The van der Waals surface area contributed by atoms with Crippen molar-refractivity contribution in [2.75, 3.05) is 6.54 Å². The van der Waals surface area contributed by atoms with E-state index in [4.69, 9.17) is 10.5 Å². The third-order valence-electron chi connectivity index (χ3n) is 4.90. The second-order valence-corrected chi connectivity index (χ2v) is 8.31. The molecule has 0 bridgehead atoms. The van der Waals surface area contributed by atoms with Gasteiger partial charge in [0.1, 0.15) is 11.4 Å². The summed E-state index contributed by atoms with van der Waals surface area (Å²) in [6, 6.07) is 11.1. The third-order valence-corrected chi connectivity index (χ3v) is 4.90. The molecule has 1 fully saturated rings. The van der Waals surface area contributed by atoms with E-state index >= 15 is 4.39 Å². The maximum Gasteiger partial charge on any atom is 0.410 e. The highest BCUT2D eigenvalue weighted by atomic mass is 19.3. The number of carbonyl (C=O) groups is 1. The lowest BCUT2D eigenvalue weighted by molar-refractivity contribution is -0.00942. The Bertz CT molecular complexity index is 881. The monoisotopic (exact) mass is 406 g/mol. The molecule has 0 aromatic heterocycles. The van der Waals surface area contributed by atoms with Crippen LogP contribution in [0.2, 0.25) is 0 Å². The average molecular weight is 406 g/mol. The molecule has 1 aliphatic rings. The summed E-state index contributed by atoms with van der Waals surface area (Å²) in [4.78, 5) is 13.4. The first kappa shape index (κ1) is 21.2. The predicted octanol–water partition coefficient (Wildman–Crippen LogP) is 4.62. The standard InChI is InChI=1S/C22H25F3N2O2/c1-21(2,3)29-20(28)27-13-22(24,25)19(26)17(27)12-15-10-7-11-16(18(15)23)14-8-5-4-6-9-14/h4-11,17,19H,12-13,26H2,1-3H3. The van der Waals surface area contributed by atoms with Crippen LogP contribution < -0.4 is 5.73 Å². The fraction of sp³-hybridized carbons (Fsp3) is 0.409. The highest BCUT2D eigenvalue weighted by molar-refractivity contribution is 5.70. The van der Waals surface area contributed by atoms with Gasteiger partial charge >= 0.3 is 6.09 Å². The molecular formula is C22H25F3N2O2. The number of halogens is 3. The molecule has 29 heavy (non-hydrogen) atoms. The van der Waals surface area contributed by atoms with Crippen LogP contribution in [0, 0.1) is 5.82 Å². The first-order valence-corrected chi connectivity index (χ1v) is 9.45. The number of nitrogens with zero attached hydrogens (tertiary/aromatic N) is 1. The molecule has 0 spiro atoms. The van der Waals surface area contributed by atoms with Gasteiger partial charge in [0.2, 0.25) is 0 Å². The van der Waals surface area contributed by atoms with E-state index in [-0.39, 0.29) is 12.0 Å². The highest BCUT2D eigenvalue weighted by Gasteiger charge is 2.55. The molecule has 1 aliphatic heterocycles. The first-order valence-electron chi connectivity index (χ1n) is 9.45. The van der Waals surface area contributed by atoms with Gasteiger partial charge in [-0.1, -0.05) is 48.5 Å². The van der Waals surface area contributed by atoms with Gasteiger partial charge in [-0.3, -0.25) is 4.90 Å². The van der Waals surface area contributed by atoms with Gasteiger partial charge in [-0.25, -0.2) is 18.0 Å². The summed E-state index contributed by atoms with van der Waals surface area (Å²) in [6.45, 7) is 4.10. The summed E-state index contributed by atoms with van der Waals surface area (Å²) in [6.07, 6.45) is -1.02. The summed E-state index contributed by atoms with van der Waals surface area (Å²) in [5.74, 6) is -3.79. The van der Waals surface area contributed by atoms with Crippen LogP contribution in [0.25, 0.3) is 11.1 Å². The maximum absolute atomic E-state index is 15.2. The van der Waals surface area contributed by atoms with Crippen LogP contribution in [0.3, 0.4) is 0 Å². The van der Waals surface area contributed by atoms with Crippen molar-refractivity contribution in [2.45, 2.75) is 50.8 Å². The molecule has 0 aliphatic carbocycles. The SMILES string of the molecule is CC(C)(C)OC(=O)N1CC(F)(F)C(N)C1Cc1cccc(-c2ccccc2)c1F. The highest BCUT2D eigenvalue weighted by Crippen LogP contribution is 2.35. The van der Waals surface area contributed by atoms with Crippen LogP contribution in [0.1, 0.15) is 26.3 Å². The van der Waals surface area contributed by atoms with Crippen molar-refractivity contribution in [2.24, 2.45) is 5.73 Å². The molecule has 3 rings (SSSR count). The number of rotatable bonds is 3. The number of hydrogen-bond donors (Lipinski definition) is 1. The van der Waals surface area contributed by atoms with E-state index in [1.54, 1.807) is 57.2 Å². The molecular weight excluding hydrogens is 381 g/mol. The van der Waals surface area contributed by atoms with Crippen LogP contribution in [-0.2, 0) is 11.2 Å². The molecule has 2 unspecified atom stereocenters. The number of carbonyl (C=O) groups excluding carboxylic acids is 1. The van der Waals surface area contributed by atoms with E-state index in [1.807, 2.05) is 6.07 Å². The maximum atomic E-state index is 15.2. The van der Waals surface area contributed by atoms with Gasteiger partial charge < -0.3 is 10.5 Å². The number of nitrogens with two attached hydrogens (primary N) is 1. The smallest absolute Gasteiger partial charge is 0.410 e. The zero-order valence-electron chi connectivity index (χ0n) is 16.7. The van der Waals surface area contributed by atoms with Crippen LogP contribution in [-0.4, -0.2) is 41.1 Å². The summed E-state index contributed by atoms with van der Waals surface area (Å²) < 4.78 is 49.0. The van der Waals surface area contributed by atoms with E-state index in [1.165, 1.54) is 6.07 Å². The van der Waals surface area contributed by atoms with Crippen molar-refractivity contribution in [3.63, 3.8) is 0 Å². The number of hydrogen-bond acceptors (Lipinski definition) is 3. The van der Waals surface area contributed by atoms with Crippen LogP contribution in [0.4, 0.5) is 18.0 Å². The fourth-order valence-corrected chi connectivity index (χ4v) is 3.49. The number of likely N-dealkylation sites (tertiary alicyclic amines) is 1. The van der Waals surface area contributed by atoms with E-state index < -0.39 is 42.1 Å². The number of amides is 1. The Labute approximate surface area is 168 Å². The Hall–Kier alpha value is -2.54. The minimum atomic E-state index is -3.28. The van der Waals surface area contributed by atoms with Gasteiger partial charge in [0.15, 0.2) is 0 Å². The van der Waals surface area contributed by atoms with E-state index in [0.717, 1.165) is 4.90 Å². The Morgan fingerprint density at radius 2 is 1.83 bits per heavy atom. The van der Waals surface area contributed by atoms with Crippen LogP contribution in [0.5, 0.6) is 0 Å². The lowest BCUT2D eigenvalue weighted by atomic mass is 9.95. The lowest BCUT2D eigenvalue weighted by Gasteiger charge is -2.29. The first-order chi connectivity index (χ1) is 13.5. The Morgan fingerprint density at radius 3 is 2.45 bits per heavy atom. The van der Waals surface area contributed by atoms with Crippen molar-refractivity contribution >= 4 is 6.09 Å².